The second-order valence-electron chi connectivity index (χ2n) is 6.23. The van der Waals surface area contributed by atoms with Gasteiger partial charge in [0, 0.05) is 29.1 Å². The van der Waals surface area contributed by atoms with Crippen LogP contribution in [0.1, 0.15) is 42.1 Å². The Bertz CT molecular complexity index is 820. The van der Waals surface area contributed by atoms with Crippen LogP contribution in [0.2, 0.25) is 5.02 Å². The minimum absolute atomic E-state index is 0.0640. The fourth-order valence-corrected chi connectivity index (χ4v) is 2.61. The van der Waals surface area contributed by atoms with E-state index in [-0.39, 0.29) is 24.5 Å². The predicted octanol–water partition coefficient (Wildman–Crippen LogP) is 4.57. The molecule has 6 heteroatoms. The van der Waals surface area contributed by atoms with Gasteiger partial charge in [0.2, 0.25) is 11.7 Å². The van der Waals surface area contributed by atoms with Crippen molar-refractivity contribution in [1.29, 1.82) is 0 Å². The second-order valence-corrected chi connectivity index (χ2v) is 6.64. The van der Waals surface area contributed by atoms with Gasteiger partial charge >= 0.3 is 5.97 Å². The quantitative estimate of drug-likeness (QED) is 0.531. The highest BCUT2D eigenvalue weighted by Gasteiger charge is 2.19. The smallest absolute Gasteiger partial charge is 0.306 e. The lowest BCUT2D eigenvalue weighted by Gasteiger charge is -2.12. The van der Waals surface area contributed by atoms with Crippen LogP contribution in [-0.4, -0.2) is 23.8 Å². The molecule has 1 atom stereocenters. The van der Waals surface area contributed by atoms with Crippen molar-refractivity contribution in [3.63, 3.8) is 0 Å². The zero-order chi connectivity index (χ0) is 19.8. The Labute approximate surface area is 163 Å². The first-order valence-electron chi connectivity index (χ1n) is 8.71. The number of hydrogen-bond donors (Lipinski definition) is 1. The summed E-state index contributed by atoms with van der Waals surface area (Å²) in [5.74, 6) is -0.966. The molecule has 1 amide bonds. The van der Waals surface area contributed by atoms with Crippen LogP contribution in [0.15, 0.2) is 48.5 Å². The highest BCUT2D eigenvalue weighted by atomic mass is 35.5. The Morgan fingerprint density at radius 2 is 1.78 bits per heavy atom. The van der Waals surface area contributed by atoms with Gasteiger partial charge in [0.1, 0.15) is 0 Å². The van der Waals surface area contributed by atoms with E-state index in [0.717, 1.165) is 5.56 Å². The molecule has 0 saturated carbocycles. The van der Waals surface area contributed by atoms with E-state index < -0.39 is 12.1 Å². The Balaban J connectivity index is 1.72. The second kappa shape index (κ2) is 9.88. The first kappa shape index (κ1) is 20.6. The van der Waals surface area contributed by atoms with Crippen molar-refractivity contribution in [1.82, 2.24) is 0 Å². The van der Waals surface area contributed by atoms with Crippen LogP contribution in [0.3, 0.4) is 0 Å². The van der Waals surface area contributed by atoms with Gasteiger partial charge in [0.05, 0.1) is 0 Å². The standard InChI is InChI=1S/C21H22ClNO4/c1-14-11-12-17(13-18(14)22)23-19(24)9-6-10-20(25)27-15(2)21(26)16-7-4-3-5-8-16/h3-5,7-8,11-13,15H,6,9-10H2,1-2H3,(H,23,24). The molecule has 142 valence electrons. The lowest BCUT2D eigenvalue weighted by atomic mass is 10.1. The number of nitrogens with one attached hydrogen (secondary N) is 1. The topological polar surface area (TPSA) is 72.5 Å². The molecular formula is C21H22ClNO4. The third-order valence-electron chi connectivity index (χ3n) is 3.98. The molecule has 0 radical (unpaired) electrons. The highest BCUT2D eigenvalue weighted by Crippen LogP contribution is 2.20. The Kier molecular flexibility index (Phi) is 7.55. The highest BCUT2D eigenvalue weighted by molar-refractivity contribution is 6.31. The molecule has 2 aromatic carbocycles. The number of ketones is 1. The number of esters is 1. The number of amides is 1. The number of hydrogen-bond acceptors (Lipinski definition) is 4. The number of Topliss-reactive ketones (excluding diaryl/α,β-unsaturated/α-hetero) is 1. The maximum atomic E-state index is 12.2. The zero-order valence-electron chi connectivity index (χ0n) is 15.3. The molecule has 2 aromatic rings. The summed E-state index contributed by atoms with van der Waals surface area (Å²) in [6, 6.07) is 13.9. The van der Waals surface area contributed by atoms with E-state index in [9.17, 15) is 14.4 Å². The van der Waals surface area contributed by atoms with Crippen LogP contribution in [-0.2, 0) is 14.3 Å². The van der Waals surface area contributed by atoms with Gasteiger partial charge in [-0.05, 0) is 38.0 Å². The van der Waals surface area contributed by atoms with Gasteiger partial charge < -0.3 is 10.1 Å². The summed E-state index contributed by atoms with van der Waals surface area (Å²) in [6.45, 7) is 3.42. The number of rotatable bonds is 8. The predicted molar refractivity (Wildman–Crippen MR) is 105 cm³/mol. The third kappa shape index (κ3) is 6.53. The van der Waals surface area contributed by atoms with Gasteiger partial charge in [0.25, 0.3) is 0 Å². The number of anilines is 1. The molecule has 2 rings (SSSR count). The first-order chi connectivity index (χ1) is 12.9. The van der Waals surface area contributed by atoms with Crippen molar-refractivity contribution in [2.75, 3.05) is 5.32 Å². The molecule has 0 aliphatic heterocycles. The number of carbonyl (C=O) groups excluding carboxylic acids is 3. The molecule has 0 fully saturated rings. The molecule has 27 heavy (non-hydrogen) atoms. The average molecular weight is 388 g/mol. The van der Waals surface area contributed by atoms with Crippen LogP contribution in [0.25, 0.3) is 0 Å². The average Bonchev–Trinajstić information content (AvgIpc) is 2.64. The molecule has 1 unspecified atom stereocenters. The number of carbonyl (C=O) groups is 3. The van der Waals surface area contributed by atoms with E-state index in [1.165, 1.54) is 0 Å². The summed E-state index contributed by atoms with van der Waals surface area (Å²) in [5, 5.41) is 3.31. The summed E-state index contributed by atoms with van der Waals surface area (Å²) in [6.07, 6.45) is -0.296. The van der Waals surface area contributed by atoms with Crippen molar-refractivity contribution in [2.24, 2.45) is 0 Å². The van der Waals surface area contributed by atoms with Crippen LogP contribution >= 0.6 is 11.6 Å². The summed E-state index contributed by atoms with van der Waals surface area (Å²) in [7, 11) is 0. The van der Waals surface area contributed by atoms with Gasteiger partial charge in [-0.1, -0.05) is 48.0 Å². The largest absolute Gasteiger partial charge is 0.454 e. The fourth-order valence-electron chi connectivity index (χ4n) is 2.43. The Morgan fingerprint density at radius 3 is 2.44 bits per heavy atom. The van der Waals surface area contributed by atoms with Gasteiger partial charge in [-0.3, -0.25) is 14.4 Å². The van der Waals surface area contributed by atoms with Crippen molar-refractivity contribution >= 4 is 34.9 Å². The van der Waals surface area contributed by atoms with E-state index in [1.807, 2.05) is 19.1 Å². The normalized spacial score (nSPS) is 11.5. The number of halogens is 1. The van der Waals surface area contributed by atoms with Crippen LogP contribution in [0, 0.1) is 6.92 Å². The van der Waals surface area contributed by atoms with Gasteiger partial charge in [0.15, 0.2) is 6.10 Å². The van der Waals surface area contributed by atoms with Crippen molar-refractivity contribution in [3.05, 3.63) is 64.7 Å². The first-order valence-corrected chi connectivity index (χ1v) is 9.09. The van der Waals surface area contributed by atoms with Crippen LogP contribution in [0.4, 0.5) is 5.69 Å². The van der Waals surface area contributed by atoms with Crippen molar-refractivity contribution in [2.45, 2.75) is 39.2 Å². The Morgan fingerprint density at radius 1 is 1.07 bits per heavy atom. The van der Waals surface area contributed by atoms with E-state index in [2.05, 4.69) is 5.32 Å². The van der Waals surface area contributed by atoms with Crippen molar-refractivity contribution < 1.29 is 19.1 Å². The van der Waals surface area contributed by atoms with Gasteiger partial charge in [-0.2, -0.15) is 0 Å². The molecule has 0 aliphatic rings. The molecule has 5 nitrogen and oxygen atoms in total. The lowest BCUT2D eigenvalue weighted by Crippen LogP contribution is -2.24. The zero-order valence-corrected chi connectivity index (χ0v) is 16.1. The molecular weight excluding hydrogens is 366 g/mol. The van der Waals surface area contributed by atoms with Crippen LogP contribution < -0.4 is 5.32 Å². The van der Waals surface area contributed by atoms with E-state index in [1.54, 1.807) is 43.3 Å². The van der Waals surface area contributed by atoms with Gasteiger partial charge in [-0.15, -0.1) is 0 Å². The number of ether oxygens (including phenoxy) is 1. The van der Waals surface area contributed by atoms with E-state index >= 15 is 0 Å². The van der Waals surface area contributed by atoms with E-state index in [4.69, 9.17) is 16.3 Å². The molecule has 0 saturated heterocycles. The summed E-state index contributed by atoms with van der Waals surface area (Å²) >= 11 is 6.02. The summed E-state index contributed by atoms with van der Waals surface area (Å²) in [5.41, 5.74) is 2.03. The molecule has 0 heterocycles. The Hall–Kier alpha value is -2.66. The van der Waals surface area contributed by atoms with Crippen LogP contribution in [0.5, 0.6) is 0 Å². The number of aryl methyl sites for hydroxylation is 1. The minimum atomic E-state index is -0.858. The van der Waals surface area contributed by atoms with Gasteiger partial charge in [-0.25, -0.2) is 0 Å². The van der Waals surface area contributed by atoms with E-state index in [0.29, 0.717) is 22.7 Å². The summed E-state index contributed by atoms with van der Waals surface area (Å²) < 4.78 is 5.16. The molecule has 0 aliphatic carbocycles. The summed E-state index contributed by atoms with van der Waals surface area (Å²) in [4.78, 5) is 36.0. The van der Waals surface area contributed by atoms with Crippen molar-refractivity contribution in [3.8, 4) is 0 Å². The molecule has 1 N–H and O–H groups in total. The fraction of sp³-hybridized carbons (Fsp3) is 0.286. The monoisotopic (exact) mass is 387 g/mol. The maximum Gasteiger partial charge on any atom is 0.306 e. The lowest BCUT2D eigenvalue weighted by molar-refractivity contribution is -0.146. The molecule has 0 bridgehead atoms. The number of benzene rings is 2. The third-order valence-corrected chi connectivity index (χ3v) is 4.38. The SMILES string of the molecule is Cc1ccc(NC(=O)CCCC(=O)OC(C)C(=O)c2ccccc2)cc1Cl. The molecule has 0 spiro atoms. The molecule has 0 aromatic heterocycles. The minimum Gasteiger partial charge on any atom is -0.454 e. The maximum absolute atomic E-state index is 12.2.